The molecule has 28 heavy (non-hydrogen) atoms. The lowest BCUT2D eigenvalue weighted by Crippen LogP contribution is -2.40. The number of nitrogens with one attached hydrogen (secondary N) is 1. The Hall–Kier alpha value is -2.44. The minimum Gasteiger partial charge on any atom is -0.369 e. The highest BCUT2D eigenvalue weighted by molar-refractivity contribution is 5.90. The van der Waals surface area contributed by atoms with Gasteiger partial charge >= 0.3 is 0 Å². The van der Waals surface area contributed by atoms with Crippen molar-refractivity contribution < 1.29 is 4.79 Å². The quantitative estimate of drug-likeness (QED) is 0.823. The fourth-order valence-corrected chi connectivity index (χ4v) is 4.58. The van der Waals surface area contributed by atoms with E-state index in [1.807, 2.05) is 4.90 Å². The highest BCUT2D eigenvalue weighted by atomic mass is 16.2. The van der Waals surface area contributed by atoms with E-state index in [0.717, 1.165) is 74.2 Å². The van der Waals surface area contributed by atoms with Gasteiger partial charge in [-0.2, -0.15) is 5.10 Å². The summed E-state index contributed by atoms with van der Waals surface area (Å²) in [5, 5.41) is 9.70. The first-order valence-electron chi connectivity index (χ1n) is 10.5. The maximum Gasteiger partial charge on any atom is 0.246 e. The van der Waals surface area contributed by atoms with Crippen LogP contribution in [0.3, 0.4) is 0 Å². The lowest BCUT2D eigenvalue weighted by atomic mass is 9.78. The molecule has 0 saturated carbocycles. The third-order valence-electron chi connectivity index (χ3n) is 6.52. The van der Waals surface area contributed by atoms with Crippen LogP contribution >= 0.6 is 0 Å². The van der Waals surface area contributed by atoms with Crippen molar-refractivity contribution >= 4 is 22.8 Å². The van der Waals surface area contributed by atoms with Gasteiger partial charge in [-0.25, -0.2) is 14.6 Å². The van der Waals surface area contributed by atoms with Gasteiger partial charge < -0.3 is 10.2 Å². The number of aromatic nitrogens is 4. The zero-order chi connectivity index (χ0) is 19.7. The molecule has 1 unspecified atom stereocenters. The molecule has 1 N–H and O–H groups in total. The molecule has 1 fully saturated rings. The summed E-state index contributed by atoms with van der Waals surface area (Å²) in [7, 11) is 0. The van der Waals surface area contributed by atoms with E-state index in [2.05, 4.69) is 40.4 Å². The van der Waals surface area contributed by atoms with Gasteiger partial charge in [0.05, 0.1) is 17.1 Å². The van der Waals surface area contributed by atoms with Crippen molar-refractivity contribution in [2.45, 2.75) is 63.8 Å². The van der Waals surface area contributed by atoms with Gasteiger partial charge in [0.1, 0.15) is 12.1 Å². The SMILES string of the molecule is C=CC(=O)N1CCC[C@@H](n2nc3c4c(ncnc42)NCCCCC3(C)CC)C1. The van der Waals surface area contributed by atoms with Crippen molar-refractivity contribution in [1.82, 2.24) is 24.6 Å². The van der Waals surface area contributed by atoms with Crippen LogP contribution in [-0.4, -0.2) is 50.2 Å². The first-order chi connectivity index (χ1) is 13.6. The van der Waals surface area contributed by atoms with Crippen molar-refractivity contribution in [3.8, 4) is 0 Å². The highest BCUT2D eigenvalue weighted by Gasteiger charge is 2.35. The third-order valence-corrected chi connectivity index (χ3v) is 6.52. The average molecular weight is 383 g/mol. The van der Waals surface area contributed by atoms with Crippen LogP contribution in [0.15, 0.2) is 19.0 Å². The van der Waals surface area contributed by atoms with E-state index in [0.29, 0.717) is 6.54 Å². The van der Waals surface area contributed by atoms with Crippen LogP contribution in [0.25, 0.3) is 11.0 Å². The van der Waals surface area contributed by atoms with Crippen LogP contribution in [0.1, 0.15) is 64.1 Å². The first-order valence-corrected chi connectivity index (χ1v) is 10.5. The Kier molecular flexibility index (Phi) is 5.08. The predicted octanol–water partition coefficient (Wildman–Crippen LogP) is 3.44. The summed E-state index contributed by atoms with van der Waals surface area (Å²) >= 11 is 0. The van der Waals surface area contributed by atoms with E-state index in [9.17, 15) is 4.79 Å². The van der Waals surface area contributed by atoms with Gasteiger partial charge in [-0.05, 0) is 38.2 Å². The van der Waals surface area contributed by atoms with E-state index >= 15 is 0 Å². The molecule has 0 aromatic carbocycles. The maximum absolute atomic E-state index is 12.2. The van der Waals surface area contributed by atoms with Crippen LogP contribution in [0.4, 0.5) is 5.82 Å². The molecule has 4 heterocycles. The smallest absolute Gasteiger partial charge is 0.246 e. The van der Waals surface area contributed by atoms with Gasteiger partial charge in [0, 0.05) is 25.0 Å². The number of nitrogens with zero attached hydrogens (tertiary/aromatic N) is 5. The zero-order valence-corrected chi connectivity index (χ0v) is 16.9. The molecule has 1 saturated heterocycles. The summed E-state index contributed by atoms with van der Waals surface area (Å²) in [5.41, 5.74) is 1.98. The molecule has 1 amide bonds. The van der Waals surface area contributed by atoms with E-state index in [-0.39, 0.29) is 17.4 Å². The zero-order valence-electron chi connectivity index (χ0n) is 16.9. The molecule has 150 valence electrons. The van der Waals surface area contributed by atoms with Crippen LogP contribution in [0.5, 0.6) is 0 Å². The average Bonchev–Trinajstić information content (AvgIpc) is 3.15. The number of hydrogen-bond donors (Lipinski definition) is 1. The summed E-state index contributed by atoms with van der Waals surface area (Å²) in [6.45, 7) is 10.5. The molecule has 2 aromatic heterocycles. The maximum atomic E-state index is 12.2. The van der Waals surface area contributed by atoms with Crippen LogP contribution < -0.4 is 5.32 Å². The molecular formula is C21H30N6O. The lowest BCUT2D eigenvalue weighted by molar-refractivity contribution is -0.127. The molecule has 7 heteroatoms. The molecule has 0 bridgehead atoms. The molecule has 0 radical (unpaired) electrons. The molecule has 0 spiro atoms. The van der Waals surface area contributed by atoms with Crippen molar-refractivity contribution in [3.05, 3.63) is 24.7 Å². The van der Waals surface area contributed by atoms with E-state index < -0.39 is 0 Å². The van der Waals surface area contributed by atoms with E-state index in [1.54, 1.807) is 6.33 Å². The second-order valence-electron chi connectivity index (χ2n) is 8.30. The standard InChI is InChI=1S/C21H30N6O/c1-4-16(28)26-12-8-9-15(13-26)27-20-17-18(25-27)21(3,5-2)10-6-7-11-22-19(17)23-14-24-20/h4,14-15H,1,5-13H2,2-3H3,(H,22,23,24)/t15-,21?/m1/s1. The van der Waals surface area contributed by atoms with Crippen LogP contribution in [-0.2, 0) is 10.2 Å². The monoisotopic (exact) mass is 382 g/mol. The Balaban J connectivity index is 1.84. The van der Waals surface area contributed by atoms with Gasteiger partial charge in [-0.3, -0.25) is 4.79 Å². The Labute approximate surface area is 166 Å². The second-order valence-corrected chi connectivity index (χ2v) is 8.30. The van der Waals surface area contributed by atoms with Gasteiger partial charge in [0.2, 0.25) is 5.91 Å². The fraction of sp³-hybridized carbons (Fsp3) is 0.619. The molecule has 2 atom stereocenters. The van der Waals surface area contributed by atoms with Gasteiger partial charge in [-0.15, -0.1) is 0 Å². The Bertz CT molecular complexity index is 890. The number of likely N-dealkylation sites (tertiary alicyclic amines) is 1. The van der Waals surface area contributed by atoms with Crippen molar-refractivity contribution in [2.24, 2.45) is 0 Å². The molecule has 2 aliphatic rings. The summed E-state index contributed by atoms with van der Waals surface area (Å²) in [6.07, 6.45) is 9.42. The number of piperidine rings is 1. The molecular weight excluding hydrogens is 352 g/mol. The Morgan fingerprint density at radius 3 is 3.04 bits per heavy atom. The predicted molar refractivity (Wildman–Crippen MR) is 110 cm³/mol. The number of anilines is 1. The number of hydrogen-bond acceptors (Lipinski definition) is 5. The minimum atomic E-state index is -0.00818. The number of carbonyl (C=O) groups excluding carboxylic acids is 1. The normalized spacial score (nSPS) is 25.5. The largest absolute Gasteiger partial charge is 0.369 e. The van der Waals surface area contributed by atoms with Crippen molar-refractivity contribution in [1.29, 1.82) is 0 Å². The Morgan fingerprint density at radius 2 is 2.25 bits per heavy atom. The van der Waals surface area contributed by atoms with Gasteiger partial charge in [-0.1, -0.05) is 26.8 Å². The van der Waals surface area contributed by atoms with Crippen molar-refractivity contribution in [2.75, 3.05) is 25.0 Å². The summed E-state index contributed by atoms with van der Waals surface area (Å²) in [5.74, 6) is 0.883. The molecule has 2 aromatic rings. The van der Waals surface area contributed by atoms with Crippen molar-refractivity contribution in [3.63, 3.8) is 0 Å². The summed E-state index contributed by atoms with van der Waals surface area (Å²) < 4.78 is 2.07. The molecule has 0 aliphatic carbocycles. The van der Waals surface area contributed by atoms with Gasteiger partial charge in [0.25, 0.3) is 0 Å². The minimum absolute atomic E-state index is 0.000271. The highest BCUT2D eigenvalue weighted by Crippen LogP contribution is 2.40. The Morgan fingerprint density at radius 1 is 1.39 bits per heavy atom. The number of amides is 1. The van der Waals surface area contributed by atoms with Gasteiger partial charge in [0.15, 0.2) is 5.65 Å². The first kappa shape index (κ1) is 18.9. The summed E-state index contributed by atoms with van der Waals surface area (Å²) in [6, 6.07) is 0.126. The van der Waals surface area contributed by atoms with Crippen LogP contribution in [0.2, 0.25) is 0 Å². The third kappa shape index (κ3) is 3.16. The fourth-order valence-electron chi connectivity index (χ4n) is 4.58. The molecule has 2 aliphatic heterocycles. The molecule has 4 rings (SSSR count). The summed E-state index contributed by atoms with van der Waals surface area (Å²) in [4.78, 5) is 23.2. The lowest BCUT2D eigenvalue weighted by Gasteiger charge is -2.32. The van der Waals surface area contributed by atoms with E-state index in [1.165, 1.54) is 6.08 Å². The number of carbonyl (C=O) groups is 1. The molecule has 7 nitrogen and oxygen atoms in total. The number of rotatable bonds is 3. The van der Waals surface area contributed by atoms with Crippen LogP contribution in [0, 0.1) is 0 Å². The topological polar surface area (TPSA) is 75.9 Å². The van der Waals surface area contributed by atoms with E-state index in [4.69, 9.17) is 5.10 Å². The second kappa shape index (κ2) is 7.53.